The molecule has 1 fully saturated rings. The van der Waals surface area contributed by atoms with E-state index >= 15 is 0 Å². The summed E-state index contributed by atoms with van der Waals surface area (Å²) in [6, 6.07) is 3.28. The fourth-order valence-electron chi connectivity index (χ4n) is 2.58. The Bertz CT molecular complexity index is 929. The number of piperazine rings is 1. The fraction of sp³-hybridized carbons (Fsp3) is 0.312. The second-order valence-electron chi connectivity index (χ2n) is 5.82. The zero-order valence-electron chi connectivity index (χ0n) is 13.9. The number of halogens is 2. The summed E-state index contributed by atoms with van der Waals surface area (Å²) >= 11 is 5.68. The third-order valence-corrected chi connectivity index (χ3v) is 6.24. The van der Waals surface area contributed by atoms with Gasteiger partial charge in [0.1, 0.15) is 11.5 Å². The Morgan fingerprint density at radius 1 is 1.15 bits per heavy atom. The van der Waals surface area contributed by atoms with Crippen LogP contribution in [0.4, 0.5) is 4.39 Å². The maximum Gasteiger partial charge on any atom is 0.274 e. The predicted molar refractivity (Wildman–Crippen MR) is 92.8 cm³/mol. The molecular formula is C16H16ClFN4O3S. The molecule has 1 aromatic carbocycles. The molecule has 138 valence electrons. The number of carbonyl (C=O) groups excluding carboxylic acids is 1. The van der Waals surface area contributed by atoms with E-state index in [4.69, 9.17) is 11.6 Å². The molecule has 1 amide bonds. The normalized spacial score (nSPS) is 15.9. The summed E-state index contributed by atoms with van der Waals surface area (Å²) in [5.41, 5.74) is 0.924. The summed E-state index contributed by atoms with van der Waals surface area (Å²) in [5.74, 6) is -0.973. The first-order valence-corrected chi connectivity index (χ1v) is 9.64. The van der Waals surface area contributed by atoms with E-state index in [0.717, 1.165) is 12.1 Å². The molecule has 1 saturated heterocycles. The fourth-order valence-corrected chi connectivity index (χ4v) is 4.28. The number of carbonyl (C=O) groups is 1. The van der Waals surface area contributed by atoms with E-state index in [9.17, 15) is 17.6 Å². The molecule has 0 atom stereocenters. The van der Waals surface area contributed by atoms with E-state index in [-0.39, 0.29) is 47.7 Å². The van der Waals surface area contributed by atoms with Gasteiger partial charge in [-0.05, 0) is 25.1 Å². The molecule has 3 rings (SSSR count). The van der Waals surface area contributed by atoms with Gasteiger partial charge < -0.3 is 4.90 Å². The Balaban J connectivity index is 1.70. The summed E-state index contributed by atoms with van der Waals surface area (Å²) in [7, 11) is -3.80. The molecule has 10 heteroatoms. The number of amides is 1. The van der Waals surface area contributed by atoms with Crippen LogP contribution in [-0.2, 0) is 10.0 Å². The molecule has 0 unspecified atom stereocenters. The molecular weight excluding hydrogens is 383 g/mol. The van der Waals surface area contributed by atoms with E-state index in [1.54, 1.807) is 6.92 Å². The molecule has 0 saturated carbocycles. The van der Waals surface area contributed by atoms with Gasteiger partial charge in [-0.25, -0.2) is 17.8 Å². The Morgan fingerprint density at radius 3 is 2.42 bits per heavy atom. The van der Waals surface area contributed by atoms with Crippen molar-refractivity contribution in [3.8, 4) is 0 Å². The maximum absolute atomic E-state index is 13.3. The highest BCUT2D eigenvalue weighted by Crippen LogP contribution is 2.23. The van der Waals surface area contributed by atoms with E-state index in [1.165, 1.54) is 27.7 Å². The number of sulfonamides is 1. The molecule has 0 spiro atoms. The van der Waals surface area contributed by atoms with Crippen molar-refractivity contribution in [1.82, 2.24) is 19.2 Å². The average Bonchev–Trinajstić information content (AvgIpc) is 2.64. The second-order valence-corrected chi connectivity index (χ2v) is 8.16. The third-order valence-electron chi connectivity index (χ3n) is 4.05. The first kappa shape index (κ1) is 18.7. The van der Waals surface area contributed by atoms with Gasteiger partial charge in [0.05, 0.1) is 21.8 Å². The lowest BCUT2D eigenvalue weighted by atomic mass is 10.3. The minimum absolute atomic E-state index is 0.0759. The molecule has 2 heterocycles. The van der Waals surface area contributed by atoms with Crippen molar-refractivity contribution in [3.63, 3.8) is 0 Å². The molecule has 1 aromatic heterocycles. The SMILES string of the molecule is Cc1cnc(C(=O)N2CCN(S(=O)(=O)c3ccc(F)c(Cl)c3)CC2)cn1. The van der Waals surface area contributed by atoms with Gasteiger partial charge in [0, 0.05) is 32.4 Å². The van der Waals surface area contributed by atoms with Crippen LogP contribution in [-0.4, -0.2) is 59.7 Å². The van der Waals surface area contributed by atoms with Crippen molar-refractivity contribution in [2.24, 2.45) is 0 Å². The van der Waals surface area contributed by atoms with Crippen molar-refractivity contribution >= 4 is 27.5 Å². The van der Waals surface area contributed by atoms with Gasteiger partial charge in [-0.1, -0.05) is 11.6 Å². The number of rotatable bonds is 3. The molecule has 2 aromatic rings. The molecule has 26 heavy (non-hydrogen) atoms. The molecule has 0 N–H and O–H groups in total. The van der Waals surface area contributed by atoms with Crippen LogP contribution in [0.25, 0.3) is 0 Å². The second kappa shape index (κ2) is 7.26. The zero-order chi connectivity index (χ0) is 18.9. The van der Waals surface area contributed by atoms with Crippen LogP contribution in [0, 0.1) is 12.7 Å². The number of hydrogen-bond donors (Lipinski definition) is 0. The maximum atomic E-state index is 13.3. The van der Waals surface area contributed by atoms with Crippen LogP contribution in [0.3, 0.4) is 0 Å². The number of nitrogens with zero attached hydrogens (tertiary/aromatic N) is 4. The van der Waals surface area contributed by atoms with Crippen LogP contribution in [0.5, 0.6) is 0 Å². The first-order chi connectivity index (χ1) is 12.3. The molecule has 1 aliphatic rings. The topological polar surface area (TPSA) is 83.5 Å². The lowest BCUT2D eigenvalue weighted by Gasteiger charge is -2.33. The molecule has 0 radical (unpaired) electrons. The number of hydrogen-bond acceptors (Lipinski definition) is 5. The van der Waals surface area contributed by atoms with Crippen LogP contribution in [0.1, 0.15) is 16.2 Å². The Morgan fingerprint density at radius 2 is 1.85 bits per heavy atom. The highest BCUT2D eigenvalue weighted by Gasteiger charge is 2.31. The number of aryl methyl sites for hydroxylation is 1. The highest BCUT2D eigenvalue weighted by atomic mass is 35.5. The lowest BCUT2D eigenvalue weighted by Crippen LogP contribution is -2.50. The minimum atomic E-state index is -3.80. The summed E-state index contributed by atoms with van der Waals surface area (Å²) in [5, 5.41) is -0.252. The Labute approximate surface area is 155 Å². The molecule has 7 nitrogen and oxygen atoms in total. The van der Waals surface area contributed by atoms with E-state index < -0.39 is 15.8 Å². The summed E-state index contributed by atoms with van der Waals surface area (Å²) in [6.45, 7) is 2.47. The smallest absolute Gasteiger partial charge is 0.274 e. The summed E-state index contributed by atoms with van der Waals surface area (Å²) in [6.07, 6.45) is 2.91. The lowest BCUT2D eigenvalue weighted by molar-refractivity contribution is 0.0691. The standard InChI is InChI=1S/C16H16ClFN4O3S/c1-11-9-20-15(10-19-11)16(23)21-4-6-22(7-5-21)26(24,25)12-2-3-14(18)13(17)8-12/h2-3,8-10H,4-7H2,1H3. The largest absolute Gasteiger partial charge is 0.335 e. The van der Waals surface area contributed by atoms with Crippen LogP contribution in [0.2, 0.25) is 5.02 Å². The van der Waals surface area contributed by atoms with Crippen LogP contribution >= 0.6 is 11.6 Å². The summed E-state index contributed by atoms with van der Waals surface area (Å²) in [4.78, 5) is 22.0. The number of aromatic nitrogens is 2. The van der Waals surface area contributed by atoms with Crippen molar-refractivity contribution in [3.05, 3.63) is 52.8 Å². The third kappa shape index (κ3) is 3.69. The van der Waals surface area contributed by atoms with Gasteiger partial charge in [0.15, 0.2) is 0 Å². The van der Waals surface area contributed by atoms with Crippen molar-refractivity contribution < 1.29 is 17.6 Å². The Kier molecular flexibility index (Phi) is 5.22. The molecule has 0 aliphatic carbocycles. The van der Waals surface area contributed by atoms with Gasteiger partial charge in [-0.2, -0.15) is 4.31 Å². The van der Waals surface area contributed by atoms with E-state index in [0.29, 0.717) is 5.69 Å². The minimum Gasteiger partial charge on any atom is -0.335 e. The Hall–Kier alpha value is -2.10. The van der Waals surface area contributed by atoms with Gasteiger partial charge in [-0.3, -0.25) is 9.78 Å². The molecule has 0 bridgehead atoms. The van der Waals surface area contributed by atoms with Crippen molar-refractivity contribution in [2.45, 2.75) is 11.8 Å². The van der Waals surface area contributed by atoms with Gasteiger partial charge in [-0.15, -0.1) is 0 Å². The highest BCUT2D eigenvalue weighted by molar-refractivity contribution is 7.89. The van der Waals surface area contributed by atoms with Crippen molar-refractivity contribution in [1.29, 1.82) is 0 Å². The summed E-state index contributed by atoms with van der Waals surface area (Å²) < 4.78 is 39.8. The molecule has 1 aliphatic heterocycles. The number of benzene rings is 1. The monoisotopic (exact) mass is 398 g/mol. The van der Waals surface area contributed by atoms with Gasteiger partial charge in [0.25, 0.3) is 5.91 Å². The van der Waals surface area contributed by atoms with Gasteiger partial charge in [0.2, 0.25) is 10.0 Å². The average molecular weight is 399 g/mol. The van der Waals surface area contributed by atoms with Crippen LogP contribution in [0.15, 0.2) is 35.5 Å². The van der Waals surface area contributed by atoms with Crippen molar-refractivity contribution in [2.75, 3.05) is 26.2 Å². The quantitative estimate of drug-likeness (QED) is 0.786. The van der Waals surface area contributed by atoms with Gasteiger partial charge >= 0.3 is 0 Å². The van der Waals surface area contributed by atoms with E-state index in [2.05, 4.69) is 9.97 Å². The van der Waals surface area contributed by atoms with Crippen LogP contribution < -0.4 is 0 Å². The predicted octanol–water partition coefficient (Wildman–Crippen LogP) is 1.72. The zero-order valence-corrected chi connectivity index (χ0v) is 15.5. The first-order valence-electron chi connectivity index (χ1n) is 7.82. The van der Waals surface area contributed by atoms with E-state index in [1.807, 2.05) is 0 Å².